The summed E-state index contributed by atoms with van der Waals surface area (Å²) in [7, 11) is 0. The topological polar surface area (TPSA) is 75.0 Å². The number of hydrogen-bond acceptors (Lipinski definition) is 3. The zero-order valence-corrected chi connectivity index (χ0v) is 11.9. The SMILES string of the molecule is N[C@@H]1CCC[C@H]1CC(=O)N1CCC(c2cn[nH]c2)CC1. The second-order valence-corrected chi connectivity index (χ2v) is 6.25. The number of nitrogens with two attached hydrogens (primary N) is 1. The molecule has 1 aliphatic carbocycles. The van der Waals surface area contributed by atoms with Crippen molar-refractivity contribution >= 4 is 5.91 Å². The third-order valence-electron chi connectivity index (χ3n) is 4.99. The Bertz CT molecular complexity index is 437. The number of nitrogens with zero attached hydrogens (tertiary/aromatic N) is 2. The van der Waals surface area contributed by atoms with E-state index in [0.29, 0.717) is 24.2 Å². The van der Waals surface area contributed by atoms with Crippen LogP contribution in [-0.2, 0) is 4.79 Å². The fraction of sp³-hybridized carbons (Fsp3) is 0.733. The van der Waals surface area contributed by atoms with Crippen LogP contribution >= 0.6 is 0 Å². The summed E-state index contributed by atoms with van der Waals surface area (Å²) in [4.78, 5) is 14.4. The summed E-state index contributed by atoms with van der Waals surface area (Å²) in [5, 5.41) is 6.88. The number of carbonyl (C=O) groups excluding carboxylic acids is 1. The molecule has 2 fully saturated rings. The first-order chi connectivity index (χ1) is 9.74. The van der Waals surface area contributed by atoms with Crippen LogP contribution in [0, 0.1) is 5.92 Å². The van der Waals surface area contributed by atoms with Crippen molar-refractivity contribution in [3.05, 3.63) is 18.0 Å². The highest BCUT2D eigenvalue weighted by atomic mass is 16.2. The number of hydrogen-bond donors (Lipinski definition) is 2. The maximum Gasteiger partial charge on any atom is 0.222 e. The quantitative estimate of drug-likeness (QED) is 0.881. The van der Waals surface area contributed by atoms with Crippen LogP contribution < -0.4 is 5.73 Å². The number of likely N-dealkylation sites (tertiary alicyclic amines) is 1. The third kappa shape index (κ3) is 2.87. The van der Waals surface area contributed by atoms with E-state index in [9.17, 15) is 4.79 Å². The minimum Gasteiger partial charge on any atom is -0.343 e. The van der Waals surface area contributed by atoms with E-state index in [4.69, 9.17) is 5.73 Å². The number of rotatable bonds is 3. The van der Waals surface area contributed by atoms with E-state index in [1.807, 2.05) is 17.3 Å². The van der Waals surface area contributed by atoms with E-state index in [2.05, 4.69) is 10.2 Å². The van der Waals surface area contributed by atoms with Gasteiger partial charge in [0.25, 0.3) is 0 Å². The zero-order chi connectivity index (χ0) is 13.9. The van der Waals surface area contributed by atoms with E-state index >= 15 is 0 Å². The summed E-state index contributed by atoms with van der Waals surface area (Å²) in [6.07, 6.45) is 10.0. The van der Waals surface area contributed by atoms with Crippen molar-refractivity contribution in [2.24, 2.45) is 11.7 Å². The van der Waals surface area contributed by atoms with Crippen LogP contribution in [0.15, 0.2) is 12.4 Å². The van der Waals surface area contributed by atoms with Gasteiger partial charge in [-0.25, -0.2) is 0 Å². The van der Waals surface area contributed by atoms with Gasteiger partial charge in [-0.3, -0.25) is 9.89 Å². The van der Waals surface area contributed by atoms with Crippen molar-refractivity contribution in [1.29, 1.82) is 0 Å². The van der Waals surface area contributed by atoms with Crippen LogP contribution in [0.4, 0.5) is 0 Å². The Kier molecular flexibility index (Phi) is 4.05. The number of nitrogens with one attached hydrogen (secondary N) is 1. The molecule has 5 heteroatoms. The maximum absolute atomic E-state index is 12.3. The van der Waals surface area contributed by atoms with Crippen molar-refractivity contribution in [1.82, 2.24) is 15.1 Å². The van der Waals surface area contributed by atoms with E-state index in [0.717, 1.165) is 38.8 Å². The number of piperidine rings is 1. The molecule has 110 valence electrons. The highest BCUT2D eigenvalue weighted by molar-refractivity contribution is 5.76. The van der Waals surface area contributed by atoms with Crippen LogP contribution in [0.3, 0.4) is 0 Å². The van der Waals surface area contributed by atoms with Gasteiger partial charge in [0, 0.05) is 31.7 Å². The Hall–Kier alpha value is -1.36. The molecule has 0 unspecified atom stereocenters. The normalized spacial score (nSPS) is 27.9. The summed E-state index contributed by atoms with van der Waals surface area (Å²) in [5.74, 6) is 1.26. The molecule has 1 aromatic rings. The number of aromatic nitrogens is 2. The van der Waals surface area contributed by atoms with Crippen LogP contribution in [0.5, 0.6) is 0 Å². The minimum atomic E-state index is 0.238. The lowest BCUT2D eigenvalue weighted by molar-refractivity contribution is -0.133. The van der Waals surface area contributed by atoms with Gasteiger partial charge in [0.05, 0.1) is 6.20 Å². The smallest absolute Gasteiger partial charge is 0.222 e. The fourth-order valence-corrected chi connectivity index (χ4v) is 3.62. The molecule has 0 spiro atoms. The highest BCUT2D eigenvalue weighted by Gasteiger charge is 2.30. The molecule has 3 rings (SSSR count). The number of H-pyrrole nitrogens is 1. The molecule has 2 atom stereocenters. The predicted octanol–water partition coefficient (Wildman–Crippen LogP) is 1.63. The standard InChI is InChI=1S/C15H24N4O/c16-14-3-1-2-12(14)8-15(20)19-6-4-11(5-7-19)13-9-17-18-10-13/h9-12,14H,1-8,16H2,(H,17,18)/t12-,14+/m0/s1. The molecule has 1 saturated carbocycles. The molecule has 20 heavy (non-hydrogen) atoms. The Morgan fingerprint density at radius 2 is 2.15 bits per heavy atom. The van der Waals surface area contributed by atoms with Gasteiger partial charge >= 0.3 is 0 Å². The van der Waals surface area contributed by atoms with Crippen LogP contribution in [0.25, 0.3) is 0 Å². The fourth-order valence-electron chi connectivity index (χ4n) is 3.62. The summed E-state index contributed by atoms with van der Waals surface area (Å²) in [6, 6.07) is 0.238. The molecule has 1 amide bonds. The summed E-state index contributed by atoms with van der Waals surface area (Å²) in [5.41, 5.74) is 7.33. The Morgan fingerprint density at radius 3 is 2.75 bits per heavy atom. The molecule has 2 aliphatic rings. The van der Waals surface area contributed by atoms with E-state index in [1.54, 1.807) is 0 Å². The van der Waals surface area contributed by atoms with Crippen molar-refractivity contribution < 1.29 is 4.79 Å². The molecule has 5 nitrogen and oxygen atoms in total. The average Bonchev–Trinajstić information content (AvgIpc) is 3.12. The van der Waals surface area contributed by atoms with Crippen molar-refractivity contribution in [3.8, 4) is 0 Å². The summed E-state index contributed by atoms with van der Waals surface area (Å²) in [6.45, 7) is 1.74. The van der Waals surface area contributed by atoms with Crippen LogP contribution in [-0.4, -0.2) is 40.1 Å². The van der Waals surface area contributed by atoms with Gasteiger partial charge in [0.1, 0.15) is 0 Å². The Morgan fingerprint density at radius 1 is 1.35 bits per heavy atom. The molecule has 0 bridgehead atoms. The molecule has 1 aromatic heterocycles. The summed E-state index contributed by atoms with van der Waals surface area (Å²) < 4.78 is 0. The van der Waals surface area contributed by atoms with E-state index in [-0.39, 0.29) is 6.04 Å². The van der Waals surface area contributed by atoms with Gasteiger partial charge in [-0.15, -0.1) is 0 Å². The first kappa shape index (κ1) is 13.6. The molecular weight excluding hydrogens is 252 g/mol. The van der Waals surface area contributed by atoms with Crippen molar-refractivity contribution in [2.75, 3.05) is 13.1 Å². The zero-order valence-electron chi connectivity index (χ0n) is 11.9. The van der Waals surface area contributed by atoms with Gasteiger partial charge in [0.2, 0.25) is 5.91 Å². The van der Waals surface area contributed by atoms with Gasteiger partial charge in [-0.1, -0.05) is 6.42 Å². The number of aromatic amines is 1. The van der Waals surface area contributed by atoms with Crippen molar-refractivity contribution in [3.63, 3.8) is 0 Å². The first-order valence-corrected chi connectivity index (χ1v) is 7.76. The van der Waals surface area contributed by atoms with Gasteiger partial charge in [0.15, 0.2) is 0 Å². The largest absolute Gasteiger partial charge is 0.343 e. The molecule has 1 saturated heterocycles. The Balaban J connectivity index is 1.49. The van der Waals surface area contributed by atoms with E-state index in [1.165, 1.54) is 12.0 Å². The van der Waals surface area contributed by atoms with E-state index < -0.39 is 0 Å². The molecule has 1 aliphatic heterocycles. The Labute approximate surface area is 119 Å². The maximum atomic E-state index is 12.3. The second-order valence-electron chi connectivity index (χ2n) is 6.25. The lowest BCUT2D eigenvalue weighted by Crippen LogP contribution is -2.40. The molecule has 0 radical (unpaired) electrons. The molecule has 3 N–H and O–H groups in total. The number of carbonyl (C=O) groups is 1. The minimum absolute atomic E-state index is 0.238. The van der Waals surface area contributed by atoms with Gasteiger partial charge < -0.3 is 10.6 Å². The van der Waals surface area contributed by atoms with Gasteiger partial charge in [-0.2, -0.15) is 5.10 Å². The van der Waals surface area contributed by atoms with Crippen LogP contribution in [0.1, 0.15) is 50.0 Å². The van der Waals surface area contributed by atoms with Gasteiger partial charge in [-0.05, 0) is 43.1 Å². The monoisotopic (exact) mass is 276 g/mol. The highest BCUT2D eigenvalue weighted by Crippen LogP contribution is 2.30. The number of amides is 1. The lowest BCUT2D eigenvalue weighted by atomic mass is 9.91. The average molecular weight is 276 g/mol. The lowest BCUT2D eigenvalue weighted by Gasteiger charge is -2.32. The first-order valence-electron chi connectivity index (χ1n) is 7.76. The van der Waals surface area contributed by atoms with Crippen molar-refractivity contribution in [2.45, 2.75) is 50.5 Å². The summed E-state index contributed by atoms with van der Waals surface area (Å²) >= 11 is 0. The third-order valence-corrected chi connectivity index (χ3v) is 4.99. The predicted molar refractivity (Wildman–Crippen MR) is 77.1 cm³/mol. The molecule has 2 heterocycles. The molecule has 0 aromatic carbocycles. The second kappa shape index (κ2) is 5.95. The molecular formula is C15H24N4O. The van der Waals surface area contributed by atoms with Crippen LogP contribution in [0.2, 0.25) is 0 Å².